The van der Waals surface area contributed by atoms with Crippen LogP contribution in [0.25, 0.3) is 5.65 Å². The number of carboxylic acid groups (broad SMARTS) is 1. The molecule has 106 valence electrons. The van der Waals surface area contributed by atoms with E-state index in [1.54, 1.807) is 0 Å². The molecule has 0 saturated carbocycles. The highest BCUT2D eigenvalue weighted by molar-refractivity contribution is 5.94. The molecule has 2 heterocycles. The molecule has 2 aromatic heterocycles. The molecule has 21 heavy (non-hydrogen) atoms. The zero-order valence-corrected chi connectivity index (χ0v) is 11.7. The van der Waals surface area contributed by atoms with Gasteiger partial charge in [0.1, 0.15) is 11.4 Å². The first-order chi connectivity index (χ1) is 10.1. The molecule has 0 fully saturated rings. The van der Waals surface area contributed by atoms with Crippen molar-refractivity contribution in [3.8, 4) is 0 Å². The lowest BCUT2D eigenvalue weighted by Gasteiger charge is -2.19. The summed E-state index contributed by atoms with van der Waals surface area (Å²) in [4.78, 5) is 17.6. The van der Waals surface area contributed by atoms with Crippen LogP contribution in [0, 0.1) is 6.92 Å². The highest BCUT2D eigenvalue weighted by Gasteiger charge is 2.16. The summed E-state index contributed by atoms with van der Waals surface area (Å²) in [7, 11) is 1.89. The van der Waals surface area contributed by atoms with Gasteiger partial charge in [-0.15, -0.1) is 0 Å². The molecule has 0 aliphatic rings. The molecular formula is C15H14N4O2. The second-order valence-corrected chi connectivity index (χ2v) is 4.75. The van der Waals surface area contributed by atoms with Gasteiger partial charge in [-0.05, 0) is 19.1 Å². The number of benzene rings is 1. The van der Waals surface area contributed by atoms with Crippen LogP contribution in [-0.4, -0.2) is 32.7 Å². The van der Waals surface area contributed by atoms with Crippen molar-refractivity contribution in [2.24, 2.45) is 0 Å². The standard InChI is InChI=1S/C15H14N4O2/c1-10-8-13(18(2)11-6-4-3-5-7-11)17-14-12(15(20)21)9-16-19(10)14/h3-9H,1-2H3,(H,20,21). The first-order valence-electron chi connectivity index (χ1n) is 6.45. The third-order valence-electron chi connectivity index (χ3n) is 3.35. The Morgan fingerprint density at radius 2 is 2.00 bits per heavy atom. The number of hydrogen-bond acceptors (Lipinski definition) is 4. The zero-order valence-electron chi connectivity index (χ0n) is 11.7. The Labute approximate surface area is 121 Å². The Hall–Kier alpha value is -2.89. The van der Waals surface area contributed by atoms with E-state index in [0.29, 0.717) is 11.5 Å². The van der Waals surface area contributed by atoms with Crippen LogP contribution < -0.4 is 4.90 Å². The smallest absolute Gasteiger partial charge is 0.341 e. The quantitative estimate of drug-likeness (QED) is 0.799. The summed E-state index contributed by atoms with van der Waals surface area (Å²) in [5.74, 6) is -0.356. The zero-order chi connectivity index (χ0) is 15.0. The van der Waals surface area contributed by atoms with Crippen LogP contribution in [0.1, 0.15) is 16.1 Å². The number of aryl methyl sites for hydroxylation is 1. The van der Waals surface area contributed by atoms with Crippen LogP contribution in [-0.2, 0) is 0 Å². The molecular weight excluding hydrogens is 268 g/mol. The molecule has 0 radical (unpaired) electrons. The molecule has 0 saturated heterocycles. The summed E-state index contributed by atoms with van der Waals surface area (Å²) in [5.41, 5.74) is 2.25. The Morgan fingerprint density at radius 3 is 2.67 bits per heavy atom. The molecule has 3 rings (SSSR count). The van der Waals surface area contributed by atoms with E-state index in [0.717, 1.165) is 11.4 Å². The summed E-state index contributed by atoms with van der Waals surface area (Å²) in [5, 5.41) is 13.3. The fraction of sp³-hybridized carbons (Fsp3) is 0.133. The van der Waals surface area contributed by atoms with E-state index in [-0.39, 0.29) is 5.56 Å². The summed E-state index contributed by atoms with van der Waals surface area (Å²) < 4.78 is 1.53. The average molecular weight is 282 g/mol. The lowest BCUT2D eigenvalue weighted by molar-refractivity contribution is 0.0699. The highest BCUT2D eigenvalue weighted by atomic mass is 16.4. The van der Waals surface area contributed by atoms with Gasteiger partial charge in [0, 0.05) is 24.5 Å². The number of aromatic nitrogens is 3. The van der Waals surface area contributed by atoms with Gasteiger partial charge in [0.15, 0.2) is 5.65 Å². The first-order valence-corrected chi connectivity index (χ1v) is 6.45. The maximum atomic E-state index is 11.2. The van der Waals surface area contributed by atoms with E-state index in [1.165, 1.54) is 10.7 Å². The van der Waals surface area contributed by atoms with Crippen molar-refractivity contribution in [2.45, 2.75) is 6.92 Å². The normalized spacial score (nSPS) is 10.8. The maximum absolute atomic E-state index is 11.2. The number of rotatable bonds is 3. The van der Waals surface area contributed by atoms with Gasteiger partial charge in [0.05, 0.1) is 6.20 Å². The molecule has 0 bridgehead atoms. The van der Waals surface area contributed by atoms with E-state index in [1.807, 2.05) is 55.3 Å². The van der Waals surface area contributed by atoms with Gasteiger partial charge in [0.2, 0.25) is 0 Å². The van der Waals surface area contributed by atoms with Gasteiger partial charge in [-0.3, -0.25) is 0 Å². The van der Waals surface area contributed by atoms with Gasteiger partial charge < -0.3 is 10.0 Å². The molecule has 1 N–H and O–H groups in total. The molecule has 0 aliphatic carbocycles. The van der Waals surface area contributed by atoms with Gasteiger partial charge in [-0.2, -0.15) is 5.10 Å². The molecule has 0 spiro atoms. The number of fused-ring (bicyclic) bond motifs is 1. The molecule has 6 nitrogen and oxygen atoms in total. The molecule has 6 heteroatoms. The van der Waals surface area contributed by atoms with E-state index in [4.69, 9.17) is 0 Å². The van der Waals surface area contributed by atoms with E-state index >= 15 is 0 Å². The molecule has 3 aromatic rings. The molecule has 0 amide bonds. The minimum absolute atomic E-state index is 0.0985. The van der Waals surface area contributed by atoms with Gasteiger partial charge in [0.25, 0.3) is 0 Å². The Balaban J connectivity index is 2.15. The summed E-state index contributed by atoms with van der Waals surface area (Å²) in [6, 6.07) is 11.6. The van der Waals surface area contributed by atoms with Crippen LogP contribution in [0.3, 0.4) is 0 Å². The van der Waals surface area contributed by atoms with Crippen LogP contribution in [0.4, 0.5) is 11.5 Å². The van der Waals surface area contributed by atoms with Gasteiger partial charge >= 0.3 is 5.97 Å². The van der Waals surface area contributed by atoms with E-state index in [9.17, 15) is 9.90 Å². The van der Waals surface area contributed by atoms with Crippen molar-refractivity contribution in [3.63, 3.8) is 0 Å². The monoisotopic (exact) mass is 282 g/mol. The SMILES string of the molecule is Cc1cc(N(C)c2ccccc2)nc2c(C(=O)O)cnn12. The number of nitrogens with zero attached hydrogens (tertiary/aromatic N) is 4. The van der Waals surface area contributed by atoms with Crippen molar-refractivity contribution < 1.29 is 9.90 Å². The number of hydrogen-bond donors (Lipinski definition) is 1. The second kappa shape index (κ2) is 4.90. The first kappa shape index (κ1) is 13.1. The lowest BCUT2D eigenvalue weighted by Crippen LogP contribution is -2.13. The Bertz CT molecular complexity index is 811. The number of carboxylic acids is 1. The van der Waals surface area contributed by atoms with Crippen molar-refractivity contribution in [3.05, 3.63) is 53.9 Å². The van der Waals surface area contributed by atoms with E-state index < -0.39 is 5.97 Å². The van der Waals surface area contributed by atoms with Crippen LogP contribution in [0.5, 0.6) is 0 Å². The van der Waals surface area contributed by atoms with Crippen LogP contribution in [0.2, 0.25) is 0 Å². The van der Waals surface area contributed by atoms with E-state index in [2.05, 4.69) is 10.1 Å². The molecule has 1 aromatic carbocycles. The summed E-state index contributed by atoms with van der Waals surface area (Å²) in [6.45, 7) is 1.87. The second-order valence-electron chi connectivity index (χ2n) is 4.75. The number of carbonyl (C=O) groups is 1. The minimum atomic E-state index is -1.03. The largest absolute Gasteiger partial charge is 0.477 e. The maximum Gasteiger partial charge on any atom is 0.341 e. The van der Waals surface area contributed by atoms with Crippen molar-refractivity contribution in [2.75, 3.05) is 11.9 Å². The van der Waals surface area contributed by atoms with Crippen LogP contribution in [0.15, 0.2) is 42.6 Å². The third kappa shape index (κ3) is 2.20. The van der Waals surface area contributed by atoms with Gasteiger partial charge in [-0.1, -0.05) is 18.2 Å². The van der Waals surface area contributed by atoms with Crippen molar-refractivity contribution in [1.29, 1.82) is 0 Å². The fourth-order valence-electron chi connectivity index (χ4n) is 2.20. The summed E-state index contributed by atoms with van der Waals surface area (Å²) >= 11 is 0. The number of para-hydroxylation sites is 1. The van der Waals surface area contributed by atoms with Crippen LogP contribution >= 0.6 is 0 Å². The molecule has 0 aliphatic heterocycles. The Morgan fingerprint density at radius 1 is 1.29 bits per heavy atom. The molecule has 0 atom stereocenters. The topological polar surface area (TPSA) is 70.7 Å². The molecule has 0 unspecified atom stereocenters. The number of anilines is 2. The predicted octanol–water partition coefficient (Wildman–Crippen LogP) is 2.50. The van der Waals surface area contributed by atoms with Crippen molar-refractivity contribution >= 4 is 23.1 Å². The van der Waals surface area contributed by atoms with Gasteiger partial charge in [-0.25, -0.2) is 14.3 Å². The highest BCUT2D eigenvalue weighted by Crippen LogP contribution is 2.23. The Kier molecular flexibility index (Phi) is 3.06. The average Bonchev–Trinajstić information content (AvgIpc) is 2.92. The fourth-order valence-corrected chi connectivity index (χ4v) is 2.20. The third-order valence-corrected chi connectivity index (χ3v) is 3.35. The lowest BCUT2D eigenvalue weighted by atomic mass is 10.3. The predicted molar refractivity (Wildman–Crippen MR) is 79.2 cm³/mol. The summed E-state index contributed by atoms with van der Waals surface area (Å²) in [6.07, 6.45) is 1.32. The van der Waals surface area contributed by atoms with Crippen molar-refractivity contribution in [1.82, 2.24) is 14.6 Å². The minimum Gasteiger partial charge on any atom is -0.477 e. The number of aromatic carboxylic acids is 1.